The molecular weight excluding hydrogens is 342 g/mol. The normalized spacial score (nSPS) is 13.4. The highest BCUT2D eigenvalue weighted by Crippen LogP contribution is 2.42. The third-order valence-corrected chi connectivity index (χ3v) is 5.21. The molecule has 28 heavy (non-hydrogen) atoms. The first-order valence-electron chi connectivity index (χ1n) is 9.68. The topological polar surface area (TPSA) is 28.5 Å². The Kier molecular flexibility index (Phi) is 4.34. The largest absolute Gasteiger partial charge is 0.364 e. The van der Waals surface area contributed by atoms with Gasteiger partial charge in [-0.1, -0.05) is 78.9 Å². The Morgan fingerprint density at radius 1 is 0.857 bits per heavy atom. The van der Waals surface area contributed by atoms with E-state index in [0.29, 0.717) is 0 Å². The molecule has 0 unspecified atom stereocenters. The first-order chi connectivity index (χ1) is 13.9. The molecule has 0 aliphatic carbocycles. The summed E-state index contributed by atoms with van der Waals surface area (Å²) in [5.74, 6) is 0. The Morgan fingerprint density at radius 3 is 2.39 bits per heavy atom. The van der Waals surface area contributed by atoms with Gasteiger partial charge >= 0.3 is 0 Å². The summed E-state index contributed by atoms with van der Waals surface area (Å²) in [4.78, 5) is 12.3. The van der Waals surface area contributed by atoms with Crippen LogP contribution in [-0.2, 0) is 13.0 Å². The van der Waals surface area contributed by atoms with E-state index in [0.717, 1.165) is 47.4 Å². The second-order valence-electron chi connectivity index (χ2n) is 7.10. The highest BCUT2D eigenvalue weighted by Gasteiger charge is 2.25. The summed E-state index contributed by atoms with van der Waals surface area (Å²) in [7, 11) is 0. The Hall–Kier alpha value is -3.46. The van der Waals surface area contributed by atoms with E-state index in [1.807, 2.05) is 30.5 Å². The molecule has 0 saturated heterocycles. The predicted octanol–water partition coefficient (Wildman–Crippen LogP) is 5.55. The Balaban J connectivity index is 1.63. The number of aromatic nitrogens is 1. The number of benzene rings is 3. The van der Waals surface area contributed by atoms with E-state index in [9.17, 15) is 0 Å². The fraction of sp³-hybridized carbons (Fsp3) is 0.120. The van der Waals surface area contributed by atoms with Crippen LogP contribution in [0.5, 0.6) is 0 Å². The summed E-state index contributed by atoms with van der Waals surface area (Å²) in [6, 6.07) is 29.2. The van der Waals surface area contributed by atoms with Crippen molar-refractivity contribution in [1.29, 1.82) is 0 Å². The molecule has 136 valence electrons. The van der Waals surface area contributed by atoms with Crippen molar-refractivity contribution in [2.75, 3.05) is 11.4 Å². The summed E-state index contributed by atoms with van der Waals surface area (Å²) in [5, 5.41) is 1.10. The van der Waals surface area contributed by atoms with Crippen molar-refractivity contribution < 1.29 is 0 Å². The fourth-order valence-electron chi connectivity index (χ4n) is 3.86. The van der Waals surface area contributed by atoms with Crippen LogP contribution < -0.4 is 4.90 Å². The smallest absolute Gasteiger partial charge is 0.0976 e. The maximum absolute atomic E-state index is 4.96. The van der Waals surface area contributed by atoms with Crippen molar-refractivity contribution in [2.45, 2.75) is 13.0 Å². The van der Waals surface area contributed by atoms with Gasteiger partial charge in [0.05, 0.1) is 22.6 Å². The van der Waals surface area contributed by atoms with Gasteiger partial charge in [0.25, 0.3) is 0 Å². The van der Waals surface area contributed by atoms with Gasteiger partial charge in [-0.2, -0.15) is 0 Å². The number of nitrogens with zero attached hydrogens (tertiary/aromatic N) is 3. The van der Waals surface area contributed by atoms with Gasteiger partial charge in [0.15, 0.2) is 0 Å². The third-order valence-electron chi connectivity index (χ3n) is 5.21. The van der Waals surface area contributed by atoms with Gasteiger partial charge in [-0.25, -0.2) is 0 Å². The van der Waals surface area contributed by atoms with Crippen LogP contribution in [0, 0.1) is 0 Å². The average molecular weight is 363 g/mol. The highest BCUT2D eigenvalue weighted by molar-refractivity contribution is 6.00. The zero-order valence-electron chi connectivity index (χ0n) is 15.6. The minimum Gasteiger partial charge on any atom is -0.364 e. The van der Waals surface area contributed by atoms with E-state index >= 15 is 0 Å². The molecule has 3 aromatic carbocycles. The van der Waals surface area contributed by atoms with E-state index in [-0.39, 0.29) is 0 Å². The lowest BCUT2D eigenvalue weighted by Gasteiger charge is -2.21. The zero-order valence-corrected chi connectivity index (χ0v) is 15.6. The molecule has 0 atom stereocenters. The van der Waals surface area contributed by atoms with Gasteiger partial charge in [-0.3, -0.25) is 9.98 Å². The monoisotopic (exact) mass is 363 g/mol. The van der Waals surface area contributed by atoms with Crippen LogP contribution in [0.25, 0.3) is 10.9 Å². The highest BCUT2D eigenvalue weighted by atomic mass is 15.2. The Bertz CT molecular complexity index is 1130. The summed E-state index contributed by atoms with van der Waals surface area (Å²) in [6.07, 6.45) is 2.92. The number of rotatable bonds is 4. The predicted molar refractivity (Wildman–Crippen MR) is 117 cm³/mol. The lowest BCUT2D eigenvalue weighted by Crippen LogP contribution is -2.19. The van der Waals surface area contributed by atoms with E-state index in [4.69, 9.17) is 9.98 Å². The van der Waals surface area contributed by atoms with E-state index < -0.39 is 0 Å². The minimum atomic E-state index is 0.877. The number of pyridine rings is 1. The molecule has 0 N–H and O–H groups in total. The molecule has 2 heterocycles. The molecule has 1 aromatic heterocycles. The van der Waals surface area contributed by atoms with Gasteiger partial charge in [-0.05, 0) is 17.2 Å². The molecule has 3 nitrogen and oxygen atoms in total. The second kappa shape index (κ2) is 7.28. The lowest BCUT2D eigenvalue weighted by molar-refractivity contribution is 0.834. The molecule has 0 amide bonds. The van der Waals surface area contributed by atoms with Crippen LogP contribution in [-0.4, -0.2) is 17.7 Å². The van der Waals surface area contributed by atoms with Crippen molar-refractivity contribution in [2.24, 2.45) is 4.99 Å². The lowest BCUT2D eigenvalue weighted by atomic mass is 10.1. The van der Waals surface area contributed by atoms with Gasteiger partial charge < -0.3 is 4.90 Å². The standard InChI is InChI=1S/C25H21N3/c1-3-9-19(10-4-1)17-26-24-21-13-7-8-14-22(21)27-23-15-16-28(25(23)24)18-20-11-5-2-6-12-20/h1-14,17H,15-16,18H2. The number of fused-ring (bicyclic) bond motifs is 2. The van der Waals surface area contributed by atoms with E-state index in [1.165, 1.54) is 11.3 Å². The van der Waals surface area contributed by atoms with Gasteiger partial charge in [0.1, 0.15) is 0 Å². The first kappa shape index (κ1) is 16.7. The number of para-hydroxylation sites is 1. The van der Waals surface area contributed by atoms with Crippen LogP contribution in [0.3, 0.4) is 0 Å². The Morgan fingerprint density at radius 2 is 1.57 bits per heavy atom. The number of hydrogen-bond donors (Lipinski definition) is 0. The quantitative estimate of drug-likeness (QED) is 0.445. The van der Waals surface area contributed by atoms with Crippen molar-refractivity contribution >= 4 is 28.5 Å². The van der Waals surface area contributed by atoms with Crippen molar-refractivity contribution in [3.63, 3.8) is 0 Å². The number of aliphatic imine (C=N–C) groups is 1. The molecule has 0 radical (unpaired) electrons. The molecule has 1 aliphatic rings. The van der Waals surface area contributed by atoms with Crippen LogP contribution in [0.1, 0.15) is 16.8 Å². The fourth-order valence-corrected chi connectivity index (χ4v) is 3.86. The molecule has 3 heteroatoms. The first-order valence-corrected chi connectivity index (χ1v) is 9.68. The molecule has 1 aliphatic heterocycles. The van der Waals surface area contributed by atoms with E-state index in [2.05, 4.69) is 65.6 Å². The minimum absolute atomic E-state index is 0.877. The SMILES string of the molecule is C(=Nc1c2c(nc3ccccc13)CCN2Cc1ccccc1)c1ccccc1. The van der Waals surface area contributed by atoms with Crippen LogP contribution in [0.4, 0.5) is 11.4 Å². The Labute approximate surface area is 165 Å². The number of anilines is 1. The van der Waals surface area contributed by atoms with Crippen molar-refractivity contribution in [3.8, 4) is 0 Å². The van der Waals surface area contributed by atoms with E-state index in [1.54, 1.807) is 0 Å². The van der Waals surface area contributed by atoms with Crippen LogP contribution in [0.15, 0.2) is 89.9 Å². The molecule has 0 fully saturated rings. The maximum atomic E-state index is 4.96. The molecular formula is C25H21N3. The van der Waals surface area contributed by atoms with Crippen molar-refractivity contribution in [3.05, 3.63) is 102 Å². The summed E-state index contributed by atoms with van der Waals surface area (Å²) >= 11 is 0. The second-order valence-corrected chi connectivity index (χ2v) is 7.10. The average Bonchev–Trinajstić information content (AvgIpc) is 3.15. The van der Waals surface area contributed by atoms with Gasteiger partial charge in [0.2, 0.25) is 0 Å². The maximum Gasteiger partial charge on any atom is 0.0976 e. The number of hydrogen-bond acceptors (Lipinski definition) is 3. The van der Waals surface area contributed by atoms with Gasteiger partial charge in [-0.15, -0.1) is 0 Å². The van der Waals surface area contributed by atoms with Crippen LogP contribution >= 0.6 is 0 Å². The van der Waals surface area contributed by atoms with Crippen molar-refractivity contribution in [1.82, 2.24) is 4.98 Å². The molecule has 0 bridgehead atoms. The molecule has 0 spiro atoms. The molecule has 0 saturated carbocycles. The molecule has 5 rings (SSSR count). The summed E-state index contributed by atoms with van der Waals surface area (Å²) in [5.41, 5.74) is 6.77. The summed E-state index contributed by atoms with van der Waals surface area (Å²) < 4.78 is 0. The third kappa shape index (κ3) is 3.16. The van der Waals surface area contributed by atoms with Gasteiger partial charge in [0, 0.05) is 31.1 Å². The zero-order chi connectivity index (χ0) is 18.8. The molecule has 4 aromatic rings. The summed E-state index contributed by atoms with van der Waals surface area (Å²) in [6.45, 7) is 1.85. The van der Waals surface area contributed by atoms with Crippen LogP contribution in [0.2, 0.25) is 0 Å².